The van der Waals surface area contributed by atoms with Gasteiger partial charge in [0.15, 0.2) is 15.6 Å². The number of carbonyl (C=O) groups is 1. The molecular formula is C21H17ClFNO5S. The Balaban J connectivity index is 1.48. The van der Waals surface area contributed by atoms with E-state index in [-0.39, 0.29) is 46.4 Å². The van der Waals surface area contributed by atoms with E-state index in [0.29, 0.717) is 35.6 Å². The second kappa shape index (κ2) is 7.08. The number of hydrogen-bond acceptors (Lipinski definition) is 6. The van der Waals surface area contributed by atoms with Crippen LogP contribution in [0.2, 0.25) is 5.02 Å². The van der Waals surface area contributed by atoms with Gasteiger partial charge in [0, 0.05) is 18.2 Å². The minimum Gasteiger partial charge on any atom is -0.478 e. The van der Waals surface area contributed by atoms with Gasteiger partial charge in [-0.05, 0) is 36.8 Å². The average molecular weight is 450 g/mol. The Morgan fingerprint density at radius 2 is 2.07 bits per heavy atom. The summed E-state index contributed by atoms with van der Waals surface area (Å²) in [6, 6.07) is 7.47. The fourth-order valence-electron chi connectivity index (χ4n) is 4.05. The van der Waals surface area contributed by atoms with Crippen LogP contribution in [-0.4, -0.2) is 43.4 Å². The van der Waals surface area contributed by atoms with Crippen LogP contribution >= 0.6 is 11.6 Å². The number of hydrogen-bond donors (Lipinski definition) is 0. The van der Waals surface area contributed by atoms with Crippen LogP contribution in [0, 0.1) is 5.82 Å². The van der Waals surface area contributed by atoms with Crippen molar-refractivity contribution in [2.45, 2.75) is 19.0 Å². The molecule has 6 nitrogen and oxygen atoms in total. The molecule has 3 aliphatic rings. The third kappa shape index (κ3) is 3.29. The van der Waals surface area contributed by atoms with Gasteiger partial charge >= 0.3 is 0 Å². The summed E-state index contributed by atoms with van der Waals surface area (Å²) in [5, 5.41) is 0.175. The number of benzene rings is 2. The van der Waals surface area contributed by atoms with Crippen LogP contribution < -0.4 is 9.47 Å². The van der Waals surface area contributed by atoms with Crippen molar-refractivity contribution >= 4 is 33.3 Å². The highest BCUT2D eigenvalue weighted by Crippen LogP contribution is 2.43. The van der Waals surface area contributed by atoms with Crippen LogP contribution in [-0.2, 0) is 16.4 Å². The second-order valence-electron chi connectivity index (χ2n) is 7.57. The maximum absolute atomic E-state index is 14.1. The van der Waals surface area contributed by atoms with Crippen molar-refractivity contribution < 1.29 is 27.1 Å². The van der Waals surface area contributed by atoms with E-state index in [1.807, 2.05) is 4.90 Å². The van der Waals surface area contributed by atoms with E-state index >= 15 is 0 Å². The van der Waals surface area contributed by atoms with Crippen LogP contribution in [0.3, 0.4) is 0 Å². The molecule has 0 saturated carbocycles. The number of carbonyl (C=O) groups excluding carboxylic acids is 1. The molecule has 0 N–H and O–H groups in total. The number of fused-ring (bicyclic) bond motifs is 3. The number of sulfone groups is 1. The number of ether oxygens (including phenoxy) is 2. The van der Waals surface area contributed by atoms with Crippen LogP contribution in [0.5, 0.6) is 11.5 Å². The molecule has 2 aromatic carbocycles. The topological polar surface area (TPSA) is 72.9 Å². The predicted octanol–water partition coefficient (Wildman–Crippen LogP) is 3.43. The molecule has 0 bridgehead atoms. The summed E-state index contributed by atoms with van der Waals surface area (Å²) >= 11 is 6.07. The molecule has 0 aliphatic carbocycles. The van der Waals surface area contributed by atoms with Gasteiger partial charge in [-0.1, -0.05) is 17.7 Å². The Bertz CT molecular complexity index is 1190. The van der Waals surface area contributed by atoms with Crippen molar-refractivity contribution in [3.05, 3.63) is 63.6 Å². The van der Waals surface area contributed by atoms with Crippen LogP contribution in [0.15, 0.2) is 36.1 Å². The van der Waals surface area contributed by atoms with Crippen molar-refractivity contribution in [3.8, 4) is 11.5 Å². The Kier molecular flexibility index (Phi) is 4.61. The average Bonchev–Trinajstić information content (AvgIpc) is 3.24. The zero-order valence-electron chi connectivity index (χ0n) is 15.7. The normalized spacial score (nSPS) is 23.7. The lowest BCUT2D eigenvalue weighted by atomic mass is 10.0. The van der Waals surface area contributed by atoms with E-state index in [2.05, 4.69) is 0 Å². The Labute approximate surface area is 177 Å². The van der Waals surface area contributed by atoms with E-state index in [0.717, 1.165) is 0 Å². The Morgan fingerprint density at radius 3 is 2.80 bits per heavy atom. The molecule has 5 rings (SSSR count). The van der Waals surface area contributed by atoms with Crippen molar-refractivity contribution in [1.82, 2.24) is 4.90 Å². The quantitative estimate of drug-likeness (QED) is 0.654. The fraction of sp³-hybridized carbons (Fsp3) is 0.286. The lowest BCUT2D eigenvalue weighted by Crippen LogP contribution is -2.41. The first kappa shape index (κ1) is 19.5. The zero-order chi connectivity index (χ0) is 21.0. The number of ketones is 1. The fourth-order valence-corrected chi connectivity index (χ4v) is 6.03. The first-order valence-electron chi connectivity index (χ1n) is 9.44. The van der Waals surface area contributed by atoms with E-state index in [1.54, 1.807) is 12.1 Å². The number of rotatable bonds is 2. The molecular weight excluding hydrogens is 433 g/mol. The number of halogens is 2. The van der Waals surface area contributed by atoms with Gasteiger partial charge < -0.3 is 9.47 Å². The largest absolute Gasteiger partial charge is 0.478 e. The molecule has 1 atom stereocenters. The summed E-state index contributed by atoms with van der Waals surface area (Å²) in [5.41, 5.74) is 1.12. The first-order chi connectivity index (χ1) is 14.3. The number of Topliss-reactive ketones (excluding diaryl/α,β-unsaturated/α-hetero) is 1. The summed E-state index contributed by atoms with van der Waals surface area (Å²) in [4.78, 5) is 14.8. The minimum atomic E-state index is -3.03. The maximum atomic E-state index is 14.1. The molecule has 0 radical (unpaired) electrons. The van der Waals surface area contributed by atoms with Crippen molar-refractivity contribution in [2.75, 3.05) is 18.2 Å². The monoisotopic (exact) mass is 449 g/mol. The molecule has 2 aromatic rings. The lowest BCUT2D eigenvalue weighted by Gasteiger charge is -2.33. The molecule has 3 heterocycles. The van der Waals surface area contributed by atoms with Gasteiger partial charge in [-0.2, -0.15) is 0 Å². The molecule has 1 saturated heterocycles. The van der Waals surface area contributed by atoms with E-state index in [9.17, 15) is 17.6 Å². The minimum absolute atomic E-state index is 0.0223. The van der Waals surface area contributed by atoms with Gasteiger partial charge in [-0.25, -0.2) is 12.8 Å². The summed E-state index contributed by atoms with van der Waals surface area (Å²) < 4.78 is 49.5. The van der Waals surface area contributed by atoms with Gasteiger partial charge in [0.25, 0.3) is 0 Å². The number of nitrogens with zero attached hydrogens (tertiary/aromatic N) is 1. The third-order valence-electron chi connectivity index (χ3n) is 5.64. The summed E-state index contributed by atoms with van der Waals surface area (Å²) in [7, 11) is -3.03. The van der Waals surface area contributed by atoms with Gasteiger partial charge in [0.1, 0.15) is 24.0 Å². The summed E-state index contributed by atoms with van der Waals surface area (Å²) in [5.74, 6) is 0.266. The van der Waals surface area contributed by atoms with E-state index in [1.165, 1.54) is 24.3 Å². The molecule has 3 aliphatic heterocycles. The molecule has 0 amide bonds. The van der Waals surface area contributed by atoms with Crippen molar-refractivity contribution in [1.29, 1.82) is 0 Å². The van der Waals surface area contributed by atoms with E-state index in [4.69, 9.17) is 21.1 Å². The van der Waals surface area contributed by atoms with Crippen molar-refractivity contribution in [2.24, 2.45) is 0 Å². The van der Waals surface area contributed by atoms with Crippen LogP contribution in [0.1, 0.15) is 27.9 Å². The van der Waals surface area contributed by atoms with Gasteiger partial charge in [0.05, 0.1) is 27.7 Å². The molecule has 30 heavy (non-hydrogen) atoms. The highest BCUT2D eigenvalue weighted by molar-refractivity contribution is 7.91. The molecule has 1 fully saturated rings. The maximum Gasteiger partial charge on any atom is 0.231 e. The van der Waals surface area contributed by atoms with Gasteiger partial charge in [0.2, 0.25) is 5.78 Å². The first-order valence-corrected chi connectivity index (χ1v) is 11.6. The summed E-state index contributed by atoms with van der Waals surface area (Å²) in [6.07, 6.45) is 1.85. The van der Waals surface area contributed by atoms with Crippen LogP contribution in [0.25, 0.3) is 6.08 Å². The Hall–Kier alpha value is -2.42. The lowest BCUT2D eigenvalue weighted by molar-refractivity contribution is 0.0634. The second-order valence-corrected chi connectivity index (χ2v) is 10.2. The van der Waals surface area contributed by atoms with Gasteiger partial charge in [-0.15, -0.1) is 0 Å². The molecule has 9 heteroatoms. The molecule has 0 unspecified atom stereocenters. The Morgan fingerprint density at radius 1 is 1.23 bits per heavy atom. The highest BCUT2D eigenvalue weighted by atomic mass is 35.5. The molecule has 0 aromatic heterocycles. The highest BCUT2D eigenvalue weighted by Gasteiger charge is 2.38. The third-order valence-corrected chi connectivity index (χ3v) is 7.72. The summed E-state index contributed by atoms with van der Waals surface area (Å²) in [6.45, 7) is 0.674. The van der Waals surface area contributed by atoms with Crippen LogP contribution in [0.4, 0.5) is 4.39 Å². The number of allylic oxidation sites excluding steroid dienone is 1. The van der Waals surface area contributed by atoms with E-state index < -0.39 is 15.7 Å². The zero-order valence-corrected chi connectivity index (χ0v) is 17.3. The predicted molar refractivity (Wildman–Crippen MR) is 109 cm³/mol. The standard InChI is InChI=1S/C21H17ClFNO5S/c22-16-2-1-3-17(23)14(16)8-19-20(25)13-4-5-18-15(21(13)29-19)9-24(11-28-18)12-6-7-30(26,27)10-12/h1-5,8,12H,6-7,9-11H2/b19-8-/t12-/m1/s1. The van der Waals surface area contributed by atoms with Gasteiger partial charge in [-0.3, -0.25) is 9.69 Å². The van der Waals surface area contributed by atoms with Crippen molar-refractivity contribution in [3.63, 3.8) is 0 Å². The molecule has 0 spiro atoms. The smallest absolute Gasteiger partial charge is 0.231 e. The molecule has 156 valence electrons. The SMILES string of the molecule is O=C1/C(=C/c2c(F)cccc2Cl)Oc2c1ccc1c2CN([C@@H]2CCS(=O)(=O)C2)CO1.